The summed E-state index contributed by atoms with van der Waals surface area (Å²) in [5.74, 6) is 1.07. The third kappa shape index (κ3) is 3.76. The van der Waals surface area contributed by atoms with Crippen LogP contribution in [0.25, 0.3) is 33.3 Å². The van der Waals surface area contributed by atoms with Crippen LogP contribution in [0.1, 0.15) is 30.6 Å². The van der Waals surface area contributed by atoms with Gasteiger partial charge in [-0.2, -0.15) is 10.1 Å². The van der Waals surface area contributed by atoms with Gasteiger partial charge in [0, 0.05) is 32.3 Å². The lowest BCUT2D eigenvalue weighted by atomic mass is 9.98. The Bertz CT molecular complexity index is 1640. The average molecular weight is 498 g/mol. The summed E-state index contributed by atoms with van der Waals surface area (Å²) in [6, 6.07) is 13.6. The second-order valence-electron chi connectivity index (χ2n) is 9.28. The average Bonchev–Trinajstić information content (AvgIpc) is 3.59. The van der Waals surface area contributed by atoms with Crippen LogP contribution in [-0.4, -0.2) is 58.0 Å². The maximum atomic E-state index is 12.1. The Morgan fingerprint density at radius 3 is 2.73 bits per heavy atom. The Morgan fingerprint density at radius 1 is 1.16 bits per heavy atom. The fourth-order valence-electron chi connectivity index (χ4n) is 5.32. The summed E-state index contributed by atoms with van der Waals surface area (Å²) in [5, 5.41) is 16.6. The minimum absolute atomic E-state index is 0.343. The van der Waals surface area contributed by atoms with E-state index < -0.39 is 18.2 Å². The lowest BCUT2D eigenvalue weighted by Gasteiger charge is -2.27. The lowest BCUT2D eigenvalue weighted by Crippen LogP contribution is -2.34. The molecular formula is C27H27N7O3. The van der Waals surface area contributed by atoms with Crippen LogP contribution in [-0.2, 0) is 13.6 Å². The fourth-order valence-corrected chi connectivity index (χ4v) is 5.32. The van der Waals surface area contributed by atoms with Crippen molar-refractivity contribution in [1.82, 2.24) is 34.2 Å². The molecule has 1 saturated heterocycles. The van der Waals surface area contributed by atoms with Crippen LogP contribution < -0.4 is 4.74 Å². The predicted molar refractivity (Wildman–Crippen MR) is 138 cm³/mol. The quantitative estimate of drug-likeness (QED) is 0.378. The number of likely N-dealkylation sites (tertiary alicyclic amines) is 1. The highest BCUT2D eigenvalue weighted by Crippen LogP contribution is 2.38. The van der Waals surface area contributed by atoms with Crippen LogP contribution in [0.5, 0.6) is 5.88 Å². The molecular weight excluding hydrogens is 470 g/mol. The Morgan fingerprint density at radius 2 is 1.97 bits per heavy atom. The van der Waals surface area contributed by atoms with Gasteiger partial charge in [-0.15, -0.1) is 0 Å². The molecule has 1 aliphatic rings. The van der Waals surface area contributed by atoms with Crippen LogP contribution in [0.3, 0.4) is 0 Å². The van der Waals surface area contributed by atoms with E-state index >= 15 is 0 Å². The van der Waals surface area contributed by atoms with E-state index in [0.29, 0.717) is 30.0 Å². The molecule has 0 saturated carbocycles. The van der Waals surface area contributed by atoms with Gasteiger partial charge in [0.2, 0.25) is 5.88 Å². The molecule has 5 aromatic rings. The number of hydrogen-bond donors (Lipinski definition) is 1. The van der Waals surface area contributed by atoms with E-state index in [4.69, 9.17) is 9.72 Å². The Hall–Kier alpha value is -4.47. The van der Waals surface area contributed by atoms with Crippen molar-refractivity contribution in [3.05, 3.63) is 66.2 Å². The van der Waals surface area contributed by atoms with Gasteiger partial charge >= 0.3 is 6.09 Å². The topological polar surface area (TPSA) is 111 Å². The van der Waals surface area contributed by atoms with E-state index in [1.807, 2.05) is 78.8 Å². The molecule has 2 atom stereocenters. The number of aryl methyl sites for hydroxylation is 2. The summed E-state index contributed by atoms with van der Waals surface area (Å²) in [4.78, 5) is 27.3. The van der Waals surface area contributed by atoms with Gasteiger partial charge in [0.25, 0.3) is 0 Å². The molecule has 1 amide bonds. The van der Waals surface area contributed by atoms with Crippen LogP contribution >= 0.6 is 0 Å². The maximum Gasteiger partial charge on any atom is 0.407 e. The fraction of sp³-hybridized carbons (Fsp3) is 0.296. The Labute approximate surface area is 213 Å². The van der Waals surface area contributed by atoms with Crippen LogP contribution in [0.15, 0.2) is 55.0 Å². The highest BCUT2D eigenvalue weighted by molar-refractivity contribution is 5.83. The first kappa shape index (κ1) is 23.0. The minimum Gasteiger partial charge on any atom is -0.470 e. The third-order valence-electron chi connectivity index (χ3n) is 7.23. The third-order valence-corrected chi connectivity index (χ3v) is 7.23. The molecule has 188 valence electrons. The van der Waals surface area contributed by atoms with Gasteiger partial charge in [-0.05, 0) is 36.2 Å². The summed E-state index contributed by atoms with van der Waals surface area (Å²) in [6.07, 6.45) is 2.41. The van der Waals surface area contributed by atoms with Gasteiger partial charge < -0.3 is 14.4 Å². The second-order valence-corrected chi connectivity index (χ2v) is 9.28. The first-order valence-corrected chi connectivity index (χ1v) is 12.3. The van der Waals surface area contributed by atoms with Crippen molar-refractivity contribution in [2.75, 3.05) is 6.54 Å². The number of imidazole rings is 1. The van der Waals surface area contributed by atoms with E-state index in [1.165, 1.54) is 11.2 Å². The van der Waals surface area contributed by atoms with Gasteiger partial charge in [0.1, 0.15) is 18.3 Å². The second kappa shape index (κ2) is 8.88. The number of benzene rings is 2. The van der Waals surface area contributed by atoms with Crippen molar-refractivity contribution in [2.24, 2.45) is 7.05 Å². The predicted octanol–water partition coefficient (Wildman–Crippen LogP) is 4.58. The number of fused-ring (bicyclic) bond motifs is 2. The number of nitrogens with zero attached hydrogens (tertiary/aromatic N) is 7. The Kier molecular flexibility index (Phi) is 5.51. The Balaban J connectivity index is 1.40. The number of aromatic nitrogens is 6. The van der Waals surface area contributed by atoms with Crippen molar-refractivity contribution >= 4 is 28.0 Å². The SMILES string of the molecule is CCn1ncc(-c2nc3c(OC4CCN(C(=O)O)C4c4ccc5ccccc5c4)ncnc3n2C)c1C. The molecule has 1 N–H and O–H groups in total. The van der Waals surface area contributed by atoms with Crippen molar-refractivity contribution < 1.29 is 14.6 Å². The first-order chi connectivity index (χ1) is 18.0. The largest absolute Gasteiger partial charge is 0.470 e. The molecule has 1 fully saturated rings. The molecule has 0 bridgehead atoms. The number of rotatable bonds is 5. The summed E-state index contributed by atoms with van der Waals surface area (Å²) >= 11 is 0. The van der Waals surface area contributed by atoms with Gasteiger partial charge in [0.05, 0.1) is 17.8 Å². The number of carboxylic acid groups (broad SMARTS) is 1. The minimum atomic E-state index is -0.972. The molecule has 6 rings (SSSR count). The molecule has 37 heavy (non-hydrogen) atoms. The van der Waals surface area contributed by atoms with Crippen molar-refractivity contribution in [3.8, 4) is 17.3 Å². The van der Waals surface area contributed by atoms with E-state index in [2.05, 4.69) is 15.1 Å². The number of amides is 1. The normalized spacial score (nSPS) is 17.6. The zero-order valence-electron chi connectivity index (χ0n) is 20.9. The molecule has 2 aromatic carbocycles. The van der Waals surface area contributed by atoms with Crippen molar-refractivity contribution in [3.63, 3.8) is 0 Å². The maximum absolute atomic E-state index is 12.1. The van der Waals surface area contributed by atoms with E-state index in [0.717, 1.165) is 40.0 Å². The summed E-state index contributed by atoms with van der Waals surface area (Å²) in [7, 11) is 1.91. The number of ether oxygens (including phenoxy) is 1. The molecule has 3 aromatic heterocycles. The molecule has 0 spiro atoms. The van der Waals surface area contributed by atoms with Gasteiger partial charge in [-0.1, -0.05) is 36.4 Å². The molecule has 2 unspecified atom stereocenters. The van der Waals surface area contributed by atoms with E-state index in [9.17, 15) is 9.90 Å². The highest BCUT2D eigenvalue weighted by Gasteiger charge is 2.40. The first-order valence-electron chi connectivity index (χ1n) is 12.3. The smallest absolute Gasteiger partial charge is 0.407 e. The van der Waals surface area contributed by atoms with Gasteiger partial charge in [0.15, 0.2) is 11.2 Å². The zero-order valence-corrected chi connectivity index (χ0v) is 20.9. The monoisotopic (exact) mass is 497 g/mol. The molecule has 10 heteroatoms. The highest BCUT2D eigenvalue weighted by atomic mass is 16.5. The zero-order chi connectivity index (χ0) is 25.7. The lowest BCUT2D eigenvalue weighted by molar-refractivity contribution is 0.110. The molecule has 4 heterocycles. The van der Waals surface area contributed by atoms with Gasteiger partial charge in [-0.25, -0.2) is 14.8 Å². The van der Waals surface area contributed by atoms with E-state index in [-0.39, 0.29) is 0 Å². The summed E-state index contributed by atoms with van der Waals surface area (Å²) < 4.78 is 10.3. The van der Waals surface area contributed by atoms with Crippen molar-refractivity contribution in [2.45, 2.75) is 39.0 Å². The number of carbonyl (C=O) groups is 1. The molecule has 10 nitrogen and oxygen atoms in total. The standard InChI is InChI=1S/C27H27N7O3/c1-4-34-16(2)20(14-30-34)24-31-22-25(32(24)3)28-15-29-26(22)37-21-11-12-33(27(35)36)23(21)19-10-9-17-7-5-6-8-18(17)13-19/h5-10,13-15,21,23H,4,11-12H2,1-3H3,(H,35,36). The molecule has 0 radical (unpaired) electrons. The van der Waals surface area contributed by atoms with Crippen LogP contribution in [0, 0.1) is 6.92 Å². The summed E-state index contributed by atoms with van der Waals surface area (Å²) in [5.41, 5.74) is 3.99. The number of hydrogen-bond acceptors (Lipinski definition) is 6. The molecule has 0 aliphatic carbocycles. The summed E-state index contributed by atoms with van der Waals surface area (Å²) in [6.45, 7) is 5.20. The van der Waals surface area contributed by atoms with Gasteiger partial charge in [-0.3, -0.25) is 9.58 Å². The van der Waals surface area contributed by atoms with Crippen molar-refractivity contribution in [1.29, 1.82) is 0 Å². The van der Waals surface area contributed by atoms with Crippen LogP contribution in [0.4, 0.5) is 4.79 Å². The molecule has 1 aliphatic heterocycles. The van der Waals surface area contributed by atoms with E-state index in [1.54, 1.807) is 0 Å². The van der Waals surface area contributed by atoms with Crippen LogP contribution in [0.2, 0.25) is 0 Å².